The molecule has 0 saturated heterocycles. The number of aromatic nitrogens is 1. The molecule has 2 aromatic carbocycles. The van der Waals surface area contributed by atoms with Crippen LogP contribution in [0.25, 0.3) is 10.8 Å². The van der Waals surface area contributed by atoms with E-state index in [0.717, 1.165) is 16.5 Å². The fourth-order valence-electron chi connectivity index (χ4n) is 2.00. The summed E-state index contributed by atoms with van der Waals surface area (Å²) in [6.45, 7) is 0. The number of carbonyl (C=O) groups is 1. The number of carbonyl (C=O) groups excluding carboxylic acids is 1. The number of rotatable bonds is 2. The van der Waals surface area contributed by atoms with Gasteiger partial charge in [0.05, 0.1) is 11.9 Å². The third-order valence-corrected chi connectivity index (χ3v) is 2.93. The van der Waals surface area contributed by atoms with E-state index in [2.05, 4.69) is 15.6 Å². The van der Waals surface area contributed by atoms with E-state index in [9.17, 15) is 4.79 Å². The summed E-state index contributed by atoms with van der Waals surface area (Å²) >= 11 is 0. The summed E-state index contributed by atoms with van der Waals surface area (Å²) in [6.07, 6.45) is 3.26. The third-order valence-electron chi connectivity index (χ3n) is 2.93. The van der Waals surface area contributed by atoms with Gasteiger partial charge in [0, 0.05) is 11.9 Å². The summed E-state index contributed by atoms with van der Waals surface area (Å²) in [7, 11) is 0. The van der Waals surface area contributed by atoms with Gasteiger partial charge in [-0.2, -0.15) is 0 Å². The molecule has 0 fully saturated rings. The summed E-state index contributed by atoms with van der Waals surface area (Å²) in [5.41, 5.74) is 1.41. The van der Waals surface area contributed by atoms with E-state index in [-0.39, 0.29) is 6.03 Å². The molecule has 4 heteroatoms. The van der Waals surface area contributed by atoms with Crippen LogP contribution in [-0.2, 0) is 0 Å². The highest BCUT2D eigenvalue weighted by molar-refractivity contribution is 6.01. The highest BCUT2D eigenvalue weighted by atomic mass is 16.2. The lowest BCUT2D eigenvalue weighted by Gasteiger charge is -2.08. The lowest BCUT2D eigenvalue weighted by Crippen LogP contribution is -2.19. The van der Waals surface area contributed by atoms with Gasteiger partial charge in [-0.25, -0.2) is 4.79 Å². The maximum atomic E-state index is 11.9. The zero-order valence-electron chi connectivity index (χ0n) is 10.7. The molecule has 0 aliphatic rings. The minimum atomic E-state index is -0.284. The lowest BCUT2D eigenvalue weighted by molar-refractivity contribution is 0.262. The first-order valence-corrected chi connectivity index (χ1v) is 6.28. The van der Waals surface area contributed by atoms with Crippen LogP contribution < -0.4 is 10.6 Å². The Morgan fingerprint density at radius 1 is 0.850 bits per heavy atom. The fourth-order valence-corrected chi connectivity index (χ4v) is 2.00. The molecular weight excluding hydrogens is 250 g/mol. The van der Waals surface area contributed by atoms with Crippen LogP contribution in [0.4, 0.5) is 16.2 Å². The number of fused-ring (bicyclic) bond motifs is 1. The second kappa shape index (κ2) is 5.40. The van der Waals surface area contributed by atoms with Crippen LogP contribution >= 0.6 is 0 Å². The summed E-state index contributed by atoms with van der Waals surface area (Å²) in [5, 5.41) is 7.76. The minimum Gasteiger partial charge on any atom is -0.308 e. The topological polar surface area (TPSA) is 54.0 Å². The van der Waals surface area contributed by atoms with E-state index < -0.39 is 0 Å². The van der Waals surface area contributed by atoms with Gasteiger partial charge in [-0.05, 0) is 35.0 Å². The Balaban J connectivity index is 1.74. The summed E-state index contributed by atoms with van der Waals surface area (Å²) in [4.78, 5) is 15.8. The molecule has 98 valence electrons. The van der Waals surface area contributed by atoms with E-state index in [0.29, 0.717) is 5.69 Å². The van der Waals surface area contributed by atoms with E-state index in [1.807, 2.05) is 42.5 Å². The molecule has 1 heterocycles. The van der Waals surface area contributed by atoms with Gasteiger partial charge in [-0.15, -0.1) is 0 Å². The Bertz CT molecular complexity index is 741. The molecule has 0 spiro atoms. The smallest absolute Gasteiger partial charge is 0.308 e. The number of anilines is 2. The summed E-state index contributed by atoms with van der Waals surface area (Å²) < 4.78 is 0. The number of benzene rings is 2. The molecule has 0 unspecified atom stereocenters. The molecule has 1 aromatic heterocycles. The van der Waals surface area contributed by atoms with Crippen LogP contribution in [0, 0.1) is 0 Å². The van der Waals surface area contributed by atoms with Crippen LogP contribution in [0.15, 0.2) is 67.0 Å². The number of pyridine rings is 1. The van der Waals surface area contributed by atoms with Crippen LogP contribution in [0.5, 0.6) is 0 Å². The van der Waals surface area contributed by atoms with E-state index in [1.54, 1.807) is 24.5 Å². The Hall–Kier alpha value is -2.88. The second-order valence-electron chi connectivity index (χ2n) is 4.38. The Labute approximate surface area is 116 Å². The van der Waals surface area contributed by atoms with Crippen molar-refractivity contribution < 1.29 is 4.79 Å². The molecule has 0 radical (unpaired) electrons. The molecule has 0 aliphatic heterocycles. The number of nitrogens with zero attached hydrogens (tertiary/aromatic N) is 1. The van der Waals surface area contributed by atoms with E-state index >= 15 is 0 Å². The number of urea groups is 1. The summed E-state index contributed by atoms with van der Waals surface area (Å²) in [5.74, 6) is 0. The van der Waals surface area contributed by atoms with Gasteiger partial charge in [-0.3, -0.25) is 4.98 Å². The Kier molecular flexibility index (Phi) is 3.29. The van der Waals surface area contributed by atoms with Crippen LogP contribution in [0.2, 0.25) is 0 Å². The van der Waals surface area contributed by atoms with Gasteiger partial charge in [-0.1, -0.05) is 30.3 Å². The first-order chi connectivity index (χ1) is 9.81. The molecular formula is C16H13N3O. The van der Waals surface area contributed by atoms with Crippen molar-refractivity contribution in [1.29, 1.82) is 0 Å². The highest BCUT2D eigenvalue weighted by Gasteiger charge is 2.03. The average molecular weight is 263 g/mol. The van der Waals surface area contributed by atoms with Crippen molar-refractivity contribution in [1.82, 2.24) is 4.98 Å². The van der Waals surface area contributed by atoms with Crippen LogP contribution in [-0.4, -0.2) is 11.0 Å². The SMILES string of the molecule is O=C(Nc1cccnc1)Nc1ccc2ccccc2c1. The van der Waals surface area contributed by atoms with Gasteiger partial charge in [0.1, 0.15) is 0 Å². The number of amides is 2. The molecule has 20 heavy (non-hydrogen) atoms. The Morgan fingerprint density at radius 2 is 1.65 bits per heavy atom. The van der Waals surface area contributed by atoms with Crippen LogP contribution in [0.1, 0.15) is 0 Å². The normalized spacial score (nSPS) is 10.2. The number of hydrogen-bond donors (Lipinski definition) is 2. The van der Waals surface area contributed by atoms with Gasteiger partial charge >= 0.3 is 6.03 Å². The summed E-state index contributed by atoms with van der Waals surface area (Å²) in [6, 6.07) is 17.1. The first-order valence-electron chi connectivity index (χ1n) is 6.28. The molecule has 3 rings (SSSR count). The predicted molar refractivity (Wildman–Crippen MR) is 80.8 cm³/mol. The van der Waals surface area contributed by atoms with Crippen molar-refractivity contribution in [2.45, 2.75) is 0 Å². The minimum absolute atomic E-state index is 0.284. The van der Waals surface area contributed by atoms with Crippen molar-refractivity contribution in [3.63, 3.8) is 0 Å². The molecule has 0 atom stereocenters. The molecule has 0 saturated carbocycles. The fraction of sp³-hybridized carbons (Fsp3) is 0. The molecule has 2 N–H and O–H groups in total. The average Bonchev–Trinajstić information content (AvgIpc) is 2.48. The molecule has 2 amide bonds. The van der Waals surface area contributed by atoms with Crippen LogP contribution in [0.3, 0.4) is 0 Å². The molecule has 0 bridgehead atoms. The number of hydrogen-bond acceptors (Lipinski definition) is 2. The van der Waals surface area contributed by atoms with E-state index in [1.165, 1.54) is 0 Å². The van der Waals surface area contributed by atoms with Crippen molar-refractivity contribution in [2.75, 3.05) is 10.6 Å². The van der Waals surface area contributed by atoms with Crippen molar-refractivity contribution in [3.05, 3.63) is 67.0 Å². The van der Waals surface area contributed by atoms with Crippen molar-refractivity contribution in [2.24, 2.45) is 0 Å². The maximum Gasteiger partial charge on any atom is 0.323 e. The quantitative estimate of drug-likeness (QED) is 0.737. The maximum absolute atomic E-state index is 11.9. The highest BCUT2D eigenvalue weighted by Crippen LogP contribution is 2.19. The lowest BCUT2D eigenvalue weighted by atomic mass is 10.1. The standard InChI is InChI=1S/C16H13N3O/c20-16(19-15-6-3-9-17-11-15)18-14-8-7-12-4-1-2-5-13(12)10-14/h1-11H,(H2,18,19,20). The third kappa shape index (κ3) is 2.75. The van der Waals surface area contributed by atoms with Gasteiger partial charge < -0.3 is 10.6 Å². The molecule has 4 nitrogen and oxygen atoms in total. The van der Waals surface area contributed by atoms with Gasteiger partial charge in [0.25, 0.3) is 0 Å². The number of nitrogens with one attached hydrogen (secondary N) is 2. The van der Waals surface area contributed by atoms with Crippen molar-refractivity contribution >= 4 is 28.2 Å². The van der Waals surface area contributed by atoms with E-state index in [4.69, 9.17) is 0 Å². The van der Waals surface area contributed by atoms with Gasteiger partial charge in [0.15, 0.2) is 0 Å². The first kappa shape index (κ1) is 12.2. The van der Waals surface area contributed by atoms with Gasteiger partial charge in [0.2, 0.25) is 0 Å². The zero-order valence-corrected chi connectivity index (χ0v) is 10.7. The second-order valence-corrected chi connectivity index (χ2v) is 4.38. The Morgan fingerprint density at radius 3 is 2.45 bits per heavy atom. The largest absolute Gasteiger partial charge is 0.323 e. The molecule has 0 aliphatic carbocycles. The monoisotopic (exact) mass is 263 g/mol. The molecule has 3 aromatic rings. The van der Waals surface area contributed by atoms with Crippen molar-refractivity contribution in [3.8, 4) is 0 Å². The predicted octanol–water partition coefficient (Wildman–Crippen LogP) is 3.88. The zero-order chi connectivity index (χ0) is 13.8.